The normalized spacial score (nSPS) is 18.6. The van der Waals surface area contributed by atoms with Gasteiger partial charge in [-0.15, -0.1) is 0 Å². The van der Waals surface area contributed by atoms with Crippen LogP contribution in [0.2, 0.25) is 0 Å². The number of amides is 2. The first-order valence-electron chi connectivity index (χ1n) is 10.4. The highest BCUT2D eigenvalue weighted by atomic mass is 16.2. The standard InChI is InChI=1S/C22H27N5O2/c1-15-18-6-2-3-7-19(18)26-20(25-15)8-10-24-22(29)17-11-21(28)27(14-17)13-16-5-4-9-23-12-16/h4-5,9,12,17H,2-3,6-8,10-11,13-14H2,1H3,(H,24,29). The van der Waals surface area contributed by atoms with Crippen LogP contribution in [0.3, 0.4) is 0 Å². The highest BCUT2D eigenvalue weighted by Crippen LogP contribution is 2.22. The third-order valence-electron chi connectivity index (χ3n) is 5.77. The number of hydrogen-bond acceptors (Lipinski definition) is 5. The molecule has 2 amide bonds. The summed E-state index contributed by atoms with van der Waals surface area (Å²) in [5.41, 5.74) is 4.53. The van der Waals surface area contributed by atoms with Gasteiger partial charge in [-0.3, -0.25) is 14.6 Å². The van der Waals surface area contributed by atoms with Gasteiger partial charge in [-0.1, -0.05) is 6.07 Å². The van der Waals surface area contributed by atoms with Gasteiger partial charge in [0.25, 0.3) is 0 Å². The average Bonchev–Trinajstić information content (AvgIpc) is 3.09. The highest BCUT2D eigenvalue weighted by Gasteiger charge is 2.34. The summed E-state index contributed by atoms with van der Waals surface area (Å²) in [7, 11) is 0. The largest absolute Gasteiger partial charge is 0.355 e. The van der Waals surface area contributed by atoms with Crippen LogP contribution in [0.4, 0.5) is 0 Å². The van der Waals surface area contributed by atoms with Crippen molar-refractivity contribution in [3.8, 4) is 0 Å². The molecule has 1 aliphatic carbocycles. The van der Waals surface area contributed by atoms with Crippen LogP contribution < -0.4 is 5.32 Å². The van der Waals surface area contributed by atoms with Gasteiger partial charge in [-0.2, -0.15) is 0 Å². The number of likely N-dealkylation sites (tertiary alicyclic amines) is 1. The van der Waals surface area contributed by atoms with Crippen LogP contribution in [-0.4, -0.2) is 44.8 Å². The molecule has 2 aliphatic rings. The quantitative estimate of drug-likeness (QED) is 0.808. The zero-order valence-corrected chi connectivity index (χ0v) is 16.9. The molecule has 0 spiro atoms. The number of carbonyl (C=O) groups excluding carboxylic acids is 2. The van der Waals surface area contributed by atoms with Crippen LogP contribution >= 0.6 is 0 Å². The molecule has 2 aromatic rings. The zero-order chi connectivity index (χ0) is 20.2. The number of aromatic nitrogens is 3. The van der Waals surface area contributed by atoms with Gasteiger partial charge in [-0.25, -0.2) is 9.97 Å². The van der Waals surface area contributed by atoms with E-state index in [1.165, 1.54) is 24.1 Å². The minimum Gasteiger partial charge on any atom is -0.355 e. The number of fused-ring (bicyclic) bond motifs is 1. The molecule has 3 heterocycles. The minimum absolute atomic E-state index is 0.0163. The van der Waals surface area contributed by atoms with E-state index in [2.05, 4.69) is 22.2 Å². The third kappa shape index (κ3) is 4.60. The monoisotopic (exact) mass is 393 g/mol. The van der Waals surface area contributed by atoms with E-state index in [9.17, 15) is 9.59 Å². The van der Waals surface area contributed by atoms with Crippen LogP contribution in [-0.2, 0) is 35.4 Å². The second kappa shape index (κ2) is 8.68. The Labute approximate surface area is 171 Å². The van der Waals surface area contributed by atoms with Crippen LogP contribution in [0.15, 0.2) is 24.5 Å². The van der Waals surface area contributed by atoms with E-state index >= 15 is 0 Å². The van der Waals surface area contributed by atoms with Crippen molar-refractivity contribution in [1.29, 1.82) is 0 Å². The summed E-state index contributed by atoms with van der Waals surface area (Å²) in [4.78, 5) is 39.9. The van der Waals surface area contributed by atoms with E-state index in [0.717, 1.165) is 29.9 Å². The number of pyridine rings is 1. The smallest absolute Gasteiger partial charge is 0.225 e. The molecule has 1 aliphatic heterocycles. The van der Waals surface area contributed by atoms with E-state index in [1.54, 1.807) is 17.3 Å². The van der Waals surface area contributed by atoms with Gasteiger partial charge >= 0.3 is 0 Å². The van der Waals surface area contributed by atoms with Crippen molar-refractivity contribution < 1.29 is 9.59 Å². The van der Waals surface area contributed by atoms with Crippen molar-refractivity contribution in [2.75, 3.05) is 13.1 Å². The summed E-state index contributed by atoms with van der Waals surface area (Å²) in [6.07, 6.45) is 8.83. The number of rotatable bonds is 6. The Balaban J connectivity index is 1.28. The first kappa shape index (κ1) is 19.5. The summed E-state index contributed by atoms with van der Waals surface area (Å²) >= 11 is 0. The van der Waals surface area contributed by atoms with E-state index in [-0.39, 0.29) is 24.2 Å². The molecule has 2 aromatic heterocycles. The lowest BCUT2D eigenvalue weighted by Crippen LogP contribution is -2.34. The van der Waals surface area contributed by atoms with Gasteiger partial charge in [0.1, 0.15) is 5.82 Å². The van der Waals surface area contributed by atoms with Crippen LogP contribution in [0.1, 0.15) is 47.6 Å². The van der Waals surface area contributed by atoms with Gasteiger partial charge in [-0.05, 0) is 49.8 Å². The SMILES string of the molecule is Cc1nc(CCNC(=O)C2CC(=O)N(Cc3cccnc3)C2)nc2c1CCCC2. The van der Waals surface area contributed by atoms with Gasteiger partial charge in [0.15, 0.2) is 0 Å². The molecule has 29 heavy (non-hydrogen) atoms. The van der Waals surface area contributed by atoms with E-state index < -0.39 is 0 Å². The molecule has 0 radical (unpaired) electrons. The topological polar surface area (TPSA) is 88.1 Å². The molecule has 1 saturated heterocycles. The summed E-state index contributed by atoms with van der Waals surface area (Å²) in [6, 6.07) is 3.79. The zero-order valence-electron chi connectivity index (χ0n) is 16.9. The highest BCUT2D eigenvalue weighted by molar-refractivity contribution is 5.89. The maximum absolute atomic E-state index is 12.5. The average molecular weight is 393 g/mol. The van der Waals surface area contributed by atoms with Crippen LogP contribution in [0.25, 0.3) is 0 Å². The molecule has 1 fully saturated rings. The van der Waals surface area contributed by atoms with E-state index in [0.29, 0.717) is 26.1 Å². The number of hydrogen-bond donors (Lipinski definition) is 1. The number of carbonyl (C=O) groups is 2. The molecule has 152 valence electrons. The number of nitrogens with one attached hydrogen (secondary N) is 1. The number of nitrogens with zero attached hydrogens (tertiary/aromatic N) is 4. The van der Waals surface area contributed by atoms with Gasteiger partial charge in [0, 0.05) is 56.3 Å². The lowest BCUT2D eigenvalue weighted by Gasteiger charge is -2.18. The Morgan fingerprint density at radius 3 is 2.97 bits per heavy atom. The van der Waals surface area contributed by atoms with E-state index in [4.69, 9.17) is 4.98 Å². The van der Waals surface area contributed by atoms with Crippen molar-refractivity contribution >= 4 is 11.8 Å². The Bertz CT molecular complexity index is 900. The summed E-state index contributed by atoms with van der Waals surface area (Å²) in [6.45, 7) is 3.49. The van der Waals surface area contributed by atoms with E-state index in [1.807, 2.05) is 12.1 Å². The van der Waals surface area contributed by atoms with Gasteiger partial charge in [0.05, 0.1) is 5.92 Å². The maximum Gasteiger partial charge on any atom is 0.225 e. The van der Waals surface area contributed by atoms with Crippen molar-refractivity contribution in [3.05, 3.63) is 52.9 Å². The second-order valence-electron chi connectivity index (χ2n) is 7.94. The van der Waals surface area contributed by atoms with Crippen molar-refractivity contribution in [2.24, 2.45) is 5.92 Å². The van der Waals surface area contributed by atoms with Crippen LogP contribution in [0.5, 0.6) is 0 Å². The molecule has 0 saturated carbocycles. The van der Waals surface area contributed by atoms with Crippen LogP contribution in [0, 0.1) is 12.8 Å². The lowest BCUT2D eigenvalue weighted by atomic mass is 9.95. The second-order valence-corrected chi connectivity index (χ2v) is 7.94. The predicted molar refractivity (Wildman–Crippen MR) is 108 cm³/mol. The first-order valence-corrected chi connectivity index (χ1v) is 10.4. The fraction of sp³-hybridized carbons (Fsp3) is 0.500. The Kier molecular flexibility index (Phi) is 5.83. The molecule has 1 unspecified atom stereocenters. The molecule has 1 N–H and O–H groups in total. The molecular weight excluding hydrogens is 366 g/mol. The van der Waals surface area contributed by atoms with Gasteiger partial charge < -0.3 is 10.2 Å². The Morgan fingerprint density at radius 2 is 2.14 bits per heavy atom. The molecule has 0 aromatic carbocycles. The third-order valence-corrected chi connectivity index (χ3v) is 5.77. The lowest BCUT2D eigenvalue weighted by molar-refractivity contribution is -0.129. The Hall–Kier alpha value is -2.83. The fourth-order valence-corrected chi connectivity index (χ4v) is 4.21. The molecule has 0 bridgehead atoms. The van der Waals surface area contributed by atoms with Crippen molar-refractivity contribution in [1.82, 2.24) is 25.2 Å². The maximum atomic E-state index is 12.5. The molecule has 4 rings (SSSR count). The van der Waals surface area contributed by atoms with Gasteiger partial charge in [0.2, 0.25) is 11.8 Å². The Morgan fingerprint density at radius 1 is 1.28 bits per heavy atom. The minimum atomic E-state index is -0.301. The molecular formula is C22H27N5O2. The van der Waals surface area contributed by atoms with Crippen molar-refractivity contribution in [3.63, 3.8) is 0 Å². The molecule has 7 heteroatoms. The predicted octanol–water partition coefficient (Wildman–Crippen LogP) is 1.77. The molecule has 1 atom stereocenters. The number of aryl methyl sites for hydroxylation is 2. The fourth-order valence-electron chi connectivity index (χ4n) is 4.21. The van der Waals surface area contributed by atoms with Crippen molar-refractivity contribution in [2.45, 2.75) is 52.0 Å². The summed E-state index contributed by atoms with van der Waals surface area (Å²) < 4.78 is 0. The molecule has 7 nitrogen and oxygen atoms in total. The summed E-state index contributed by atoms with van der Waals surface area (Å²) in [5.74, 6) is 0.443. The summed E-state index contributed by atoms with van der Waals surface area (Å²) in [5, 5.41) is 2.97. The first-order chi connectivity index (χ1) is 14.1.